The molecule has 6 heteroatoms. The molecule has 1 unspecified atom stereocenters. The van der Waals surface area contributed by atoms with Gasteiger partial charge in [-0.15, -0.1) is 0 Å². The summed E-state index contributed by atoms with van der Waals surface area (Å²) in [7, 11) is -3.31. The second kappa shape index (κ2) is 9.31. The molecule has 0 aliphatic carbocycles. The maximum atomic E-state index is 12.3. The van der Waals surface area contributed by atoms with Crippen molar-refractivity contribution in [1.82, 2.24) is 9.62 Å². The van der Waals surface area contributed by atoms with Gasteiger partial charge in [-0.25, -0.2) is 13.1 Å². The minimum absolute atomic E-state index is 0.0681. The Hall–Kier alpha value is -0.950. The molecule has 2 aliphatic rings. The van der Waals surface area contributed by atoms with Crippen molar-refractivity contribution in [3.05, 3.63) is 35.4 Å². The van der Waals surface area contributed by atoms with Crippen molar-refractivity contribution in [3.63, 3.8) is 0 Å². The van der Waals surface area contributed by atoms with Gasteiger partial charge in [0.2, 0.25) is 10.0 Å². The third-order valence-corrected chi connectivity index (χ3v) is 6.84. The van der Waals surface area contributed by atoms with Gasteiger partial charge in [0.15, 0.2) is 0 Å². The molecule has 0 aromatic heterocycles. The zero-order valence-electron chi connectivity index (χ0n) is 15.8. The van der Waals surface area contributed by atoms with Crippen molar-refractivity contribution >= 4 is 10.0 Å². The number of rotatable bonds is 7. The highest BCUT2D eigenvalue weighted by Gasteiger charge is 2.22. The summed E-state index contributed by atoms with van der Waals surface area (Å²) < 4.78 is 32.9. The largest absolute Gasteiger partial charge is 0.377 e. The van der Waals surface area contributed by atoms with Gasteiger partial charge in [-0.3, -0.25) is 4.90 Å². The van der Waals surface area contributed by atoms with Crippen LogP contribution in [0.5, 0.6) is 0 Å². The molecular weight excluding hydrogens is 348 g/mol. The zero-order chi connectivity index (χ0) is 18.4. The highest BCUT2D eigenvalue weighted by Crippen LogP contribution is 2.19. The molecule has 2 aliphatic heterocycles. The zero-order valence-corrected chi connectivity index (χ0v) is 16.6. The summed E-state index contributed by atoms with van der Waals surface area (Å²) in [6.07, 6.45) is 5.30. The Morgan fingerprint density at radius 3 is 2.65 bits per heavy atom. The molecule has 2 heterocycles. The van der Waals surface area contributed by atoms with Gasteiger partial charge in [0.1, 0.15) is 0 Å². The highest BCUT2D eigenvalue weighted by atomic mass is 32.2. The van der Waals surface area contributed by atoms with Gasteiger partial charge >= 0.3 is 0 Å². The van der Waals surface area contributed by atoms with E-state index in [0.29, 0.717) is 13.2 Å². The van der Waals surface area contributed by atoms with Gasteiger partial charge in [0.25, 0.3) is 0 Å². The van der Waals surface area contributed by atoms with E-state index in [2.05, 4.69) is 28.7 Å². The summed E-state index contributed by atoms with van der Waals surface area (Å²) in [5.74, 6) is 0.902. The van der Waals surface area contributed by atoms with Gasteiger partial charge < -0.3 is 4.74 Å². The molecule has 3 rings (SSSR count). The lowest BCUT2D eigenvalue weighted by Crippen LogP contribution is -2.34. The fourth-order valence-electron chi connectivity index (χ4n) is 3.75. The van der Waals surface area contributed by atoms with Crippen LogP contribution < -0.4 is 4.72 Å². The Kier molecular flexibility index (Phi) is 7.09. The molecule has 1 aromatic carbocycles. The predicted molar refractivity (Wildman–Crippen MR) is 104 cm³/mol. The summed E-state index contributed by atoms with van der Waals surface area (Å²) in [6.45, 7) is 6.60. The Morgan fingerprint density at radius 1 is 1.15 bits per heavy atom. The maximum absolute atomic E-state index is 12.3. The van der Waals surface area contributed by atoms with Crippen molar-refractivity contribution in [1.29, 1.82) is 0 Å². The van der Waals surface area contributed by atoms with Crippen LogP contribution in [0.25, 0.3) is 0 Å². The molecule has 2 saturated heterocycles. The number of piperidine rings is 1. The summed E-state index contributed by atoms with van der Waals surface area (Å²) in [6, 6.07) is 8.26. The number of nitrogens with zero attached hydrogens (tertiary/aromatic N) is 1. The lowest BCUT2D eigenvalue weighted by molar-refractivity contribution is 0.0304. The summed E-state index contributed by atoms with van der Waals surface area (Å²) in [5.41, 5.74) is 2.27. The minimum atomic E-state index is -3.31. The molecule has 0 spiro atoms. The van der Waals surface area contributed by atoms with Crippen LogP contribution in [0.15, 0.2) is 24.3 Å². The fourth-order valence-corrected chi connectivity index (χ4v) is 5.01. The average molecular weight is 381 g/mol. The first-order chi connectivity index (χ1) is 12.5. The van der Waals surface area contributed by atoms with E-state index in [0.717, 1.165) is 50.4 Å². The third-order valence-electron chi connectivity index (χ3n) is 5.45. The molecule has 2 fully saturated rings. The van der Waals surface area contributed by atoms with Crippen LogP contribution in [0.4, 0.5) is 0 Å². The number of hydrogen-bond donors (Lipinski definition) is 1. The van der Waals surface area contributed by atoms with Crippen molar-refractivity contribution in [2.75, 3.05) is 25.4 Å². The lowest BCUT2D eigenvalue weighted by Gasteiger charge is -2.30. The smallest absolute Gasteiger partial charge is 0.214 e. The summed E-state index contributed by atoms with van der Waals surface area (Å²) >= 11 is 0. The van der Waals surface area contributed by atoms with Gasteiger partial charge in [0, 0.05) is 19.7 Å². The lowest BCUT2D eigenvalue weighted by atomic mass is 9.98. The molecule has 0 saturated carbocycles. The van der Waals surface area contributed by atoms with E-state index in [1.54, 1.807) is 0 Å². The van der Waals surface area contributed by atoms with E-state index < -0.39 is 10.0 Å². The first kappa shape index (κ1) is 19.8. The normalized spacial score (nSPS) is 23.2. The number of ether oxygens (including phenoxy) is 1. The van der Waals surface area contributed by atoms with Crippen LogP contribution in [0.3, 0.4) is 0 Å². The standard InChI is InChI=1S/C20H32N2O3S/c1-17-8-10-22(11-9-17)15-19-6-4-5-18(13-19)14-21-26(23,24)16-20-7-2-3-12-25-20/h4-6,13,17,20-21H,2-3,7-12,14-16H2,1H3. The van der Waals surface area contributed by atoms with Crippen LogP contribution >= 0.6 is 0 Å². The van der Waals surface area contributed by atoms with Crippen molar-refractivity contribution in [3.8, 4) is 0 Å². The quantitative estimate of drug-likeness (QED) is 0.790. The van der Waals surface area contributed by atoms with E-state index in [1.807, 2.05) is 12.1 Å². The monoisotopic (exact) mass is 380 g/mol. The number of nitrogens with one attached hydrogen (secondary N) is 1. The second-order valence-corrected chi connectivity index (χ2v) is 9.72. The van der Waals surface area contributed by atoms with Gasteiger partial charge in [-0.05, 0) is 62.2 Å². The van der Waals surface area contributed by atoms with E-state index in [9.17, 15) is 8.42 Å². The number of benzene rings is 1. The Labute approximate surface area is 158 Å². The molecule has 0 radical (unpaired) electrons. The predicted octanol–water partition coefficient (Wildman–Crippen LogP) is 2.91. The molecule has 1 N–H and O–H groups in total. The second-order valence-electron chi connectivity index (χ2n) is 7.87. The van der Waals surface area contributed by atoms with E-state index in [-0.39, 0.29) is 11.9 Å². The molecule has 1 atom stereocenters. The van der Waals surface area contributed by atoms with Gasteiger partial charge in [0.05, 0.1) is 11.9 Å². The number of hydrogen-bond acceptors (Lipinski definition) is 4. The molecule has 26 heavy (non-hydrogen) atoms. The first-order valence-corrected chi connectivity index (χ1v) is 11.5. The van der Waals surface area contributed by atoms with E-state index in [4.69, 9.17) is 4.74 Å². The van der Waals surface area contributed by atoms with Crippen molar-refractivity contribution in [2.45, 2.75) is 58.2 Å². The minimum Gasteiger partial charge on any atom is -0.377 e. The molecule has 0 bridgehead atoms. The van der Waals surface area contributed by atoms with Crippen LogP contribution in [0.1, 0.15) is 50.2 Å². The molecule has 1 aromatic rings. The number of sulfonamides is 1. The van der Waals surface area contributed by atoms with Crippen LogP contribution in [-0.4, -0.2) is 44.9 Å². The topological polar surface area (TPSA) is 58.6 Å². The van der Waals surface area contributed by atoms with Crippen molar-refractivity contribution < 1.29 is 13.2 Å². The van der Waals surface area contributed by atoms with Crippen LogP contribution in [-0.2, 0) is 27.8 Å². The average Bonchev–Trinajstić information content (AvgIpc) is 2.63. The summed E-state index contributed by atoms with van der Waals surface area (Å²) in [4.78, 5) is 2.49. The van der Waals surface area contributed by atoms with Gasteiger partial charge in [-0.1, -0.05) is 31.2 Å². The van der Waals surface area contributed by atoms with Gasteiger partial charge in [-0.2, -0.15) is 0 Å². The summed E-state index contributed by atoms with van der Waals surface area (Å²) in [5, 5.41) is 0. The molecule has 146 valence electrons. The van der Waals surface area contributed by atoms with Crippen LogP contribution in [0.2, 0.25) is 0 Å². The molecule has 5 nitrogen and oxygen atoms in total. The Bertz CT molecular complexity index is 663. The van der Waals surface area contributed by atoms with E-state index >= 15 is 0 Å². The van der Waals surface area contributed by atoms with Crippen LogP contribution in [0, 0.1) is 5.92 Å². The Morgan fingerprint density at radius 2 is 1.92 bits per heavy atom. The number of likely N-dealkylation sites (tertiary alicyclic amines) is 1. The maximum Gasteiger partial charge on any atom is 0.214 e. The highest BCUT2D eigenvalue weighted by molar-refractivity contribution is 7.89. The molecule has 0 amide bonds. The third kappa shape index (κ3) is 6.34. The Balaban J connectivity index is 1.50. The molecular formula is C20H32N2O3S. The van der Waals surface area contributed by atoms with Crippen molar-refractivity contribution in [2.24, 2.45) is 5.92 Å². The first-order valence-electron chi connectivity index (χ1n) is 9.89. The van der Waals surface area contributed by atoms with E-state index in [1.165, 1.54) is 18.4 Å². The SMILES string of the molecule is CC1CCN(Cc2cccc(CNS(=O)(=O)CC3CCCCO3)c2)CC1. The fraction of sp³-hybridized carbons (Fsp3) is 0.700.